The Hall–Kier alpha value is 0.270. The number of rotatable bonds is 4. The molecule has 2 nitrogen and oxygen atoms in total. The molecule has 0 radical (unpaired) electrons. The van der Waals surface area contributed by atoms with E-state index in [1.54, 1.807) is 0 Å². The maximum atomic E-state index is 3.68. The molecule has 0 amide bonds. The van der Waals surface area contributed by atoms with Gasteiger partial charge in [-0.3, -0.25) is 4.90 Å². The van der Waals surface area contributed by atoms with Gasteiger partial charge in [0.25, 0.3) is 0 Å². The zero-order valence-electron chi connectivity index (χ0n) is 13.2. The molecule has 0 aromatic carbocycles. The van der Waals surface area contributed by atoms with E-state index in [9.17, 15) is 0 Å². The normalized spacial score (nSPS) is 41.4. The molecule has 19 heavy (non-hydrogen) atoms. The second-order valence-electron chi connectivity index (χ2n) is 6.42. The zero-order chi connectivity index (χ0) is 13.8. The smallest absolute Gasteiger partial charge is 0.0217 e. The van der Waals surface area contributed by atoms with E-state index >= 15 is 0 Å². The third-order valence-corrected chi connectivity index (χ3v) is 6.64. The van der Waals surface area contributed by atoms with Crippen LogP contribution in [-0.2, 0) is 0 Å². The van der Waals surface area contributed by atoms with Crippen molar-refractivity contribution in [2.24, 2.45) is 5.92 Å². The van der Waals surface area contributed by atoms with Crippen LogP contribution in [0, 0.1) is 5.92 Å². The Labute approximate surface area is 124 Å². The summed E-state index contributed by atoms with van der Waals surface area (Å²) in [7, 11) is 0. The number of nitrogens with zero attached hydrogens (tertiary/aromatic N) is 1. The van der Waals surface area contributed by atoms with Crippen molar-refractivity contribution in [1.29, 1.82) is 0 Å². The molecule has 2 aliphatic rings. The number of hydrogen-bond acceptors (Lipinski definition) is 3. The summed E-state index contributed by atoms with van der Waals surface area (Å²) in [4.78, 5) is 2.85. The first-order chi connectivity index (χ1) is 9.19. The van der Waals surface area contributed by atoms with Crippen molar-refractivity contribution >= 4 is 11.8 Å². The van der Waals surface area contributed by atoms with Crippen molar-refractivity contribution < 1.29 is 0 Å². The summed E-state index contributed by atoms with van der Waals surface area (Å²) in [5.74, 6) is 0.776. The van der Waals surface area contributed by atoms with Gasteiger partial charge in [-0.05, 0) is 44.9 Å². The van der Waals surface area contributed by atoms with Gasteiger partial charge >= 0.3 is 0 Å². The first-order valence-corrected chi connectivity index (χ1v) is 9.49. The lowest BCUT2D eigenvalue weighted by Gasteiger charge is -2.49. The molecule has 1 saturated heterocycles. The molecule has 112 valence electrons. The highest BCUT2D eigenvalue weighted by molar-refractivity contribution is 7.99. The quantitative estimate of drug-likeness (QED) is 0.852. The van der Waals surface area contributed by atoms with Crippen molar-refractivity contribution in [1.82, 2.24) is 10.2 Å². The van der Waals surface area contributed by atoms with Crippen LogP contribution in [-0.4, -0.2) is 47.6 Å². The lowest BCUT2D eigenvalue weighted by atomic mass is 9.83. The molecular weight excluding hydrogens is 252 g/mol. The molecule has 1 aliphatic heterocycles. The molecular formula is C16H32N2S. The maximum Gasteiger partial charge on any atom is 0.0217 e. The number of thioether (sulfide) groups is 1. The van der Waals surface area contributed by atoms with Crippen molar-refractivity contribution in [3.05, 3.63) is 0 Å². The van der Waals surface area contributed by atoms with Crippen molar-refractivity contribution in [3.8, 4) is 0 Å². The van der Waals surface area contributed by atoms with Gasteiger partial charge in [0.15, 0.2) is 0 Å². The Morgan fingerprint density at radius 1 is 1.16 bits per heavy atom. The van der Waals surface area contributed by atoms with Gasteiger partial charge < -0.3 is 5.32 Å². The van der Waals surface area contributed by atoms with E-state index in [4.69, 9.17) is 0 Å². The molecule has 0 bridgehead atoms. The first kappa shape index (κ1) is 15.7. The van der Waals surface area contributed by atoms with Gasteiger partial charge in [-0.2, -0.15) is 11.8 Å². The fraction of sp³-hybridized carbons (Fsp3) is 1.00. The summed E-state index contributed by atoms with van der Waals surface area (Å²) < 4.78 is 0. The Balaban J connectivity index is 2.00. The van der Waals surface area contributed by atoms with Gasteiger partial charge in [0, 0.05) is 29.9 Å². The molecule has 0 aromatic heterocycles. The van der Waals surface area contributed by atoms with E-state index in [0.717, 1.165) is 35.8 Å². The van der Waals surface area contributed by atoms with Gasteiger partial charge in [-0.15, -0.1) is 0 Å². The summed E-state index contributed by atoms with van der Waals surface area (Å²) >= 11 is 2.10. The summed E-state index contributed by atoms with van der Waals surface area (Å²) in [6.45, 7) is 9.54. The van der Waals surface area contributed by atoms with Crippen LogP contribution in [0.4, 0.5) is 0 Å². The monoisotopic (exact) mass is 284 g/mol. The number of likely N-dealkylation sites (tertiary alicyclic amines) is 1. The summed E-state index contributed by atoms with van der Waals surface area (Å²) in [6.07, 6.45) is 9.38. The van der Waals surface area contributed by atoms with Gasteiger partial charge in [0.05, 0.1) is 0 Å². The molecule has 1 heterocycles. The largest absolute Gasteiger partial charge is 0.314 e. The minimum atomic E-state index is 0.729. The fourth-order valence-electron chi connectivity index (χ4n) is 4.14. The van der Waals surface area contributed by atoms with Crippen LogP contribution < -0.4 is 5.32 Å². The predicted molar refractivity (Wildman–Crippen MR) is 87.0 cm³/mol. The topological polar surface area (TPSA) is 15.3 Å². The summed E-state index contributed by atoms with van der Waals surface area (Å²) in [5.41, 5.74) is 0. The number of nitrogens with one attached hydrogen (secondary N) is 1. The van der Waals surface area contributed by atoms with Gasteiger partial charge in [0.1, 0.15) is 0 Å². The van der Waals surface area contributed by atoms with Crippen molar-refractivity contribution in [2.45, 2.75) is 76.3 Å². The molecule has 0 spiro atoms. The Bertz CT molecular complexity index is 271. The average Bonchev–Trinajstić information content (AvgIpc) is 2.44. The van der Waals surface area contributed by atoms with Crippen LogP contribution in [0.25, 0.3) is 0 Å². The molecule has 0 aromatic rings. The average molecular weight is 285 g/mol. The van der Waals surface area contributed by atoms with Crippen LogP contribution in [0.5, 0.6) is 0 Å². The minimum absolute atomic E-state index is 0.729. The molecule has 1 N–H and O–H groups in total. The molecule has 2 fully saturated rings. The van der Waals surface area contributed by atoms with Crippen molar-refractivity contribution in [3.63, 3.8) is 0 Å². The van der Waals surface area contributed by atoms with E-state index < -0.39 is 0 Å². The lowest BCUT2D eigenvalue weighted by molar-refractivity contribution is 0.0353. The Morgan fingerprint density at radius 3 is 2.58 bits per heavy atom. The molecule has 3 heteroatoms. The van der Waals surface area contributed by atoms with E-state index in [1.807, 2.05) is 0 Å². The molecule has 2 rings (SSSR count). The molecule has 1 saturated carbocycles. The van der Waals surface area contributed by atoms with Crippen LogP contribution in [0.1, 0.15) is 52.9 Å². The van der Waals surface area contributed by atoms with E-state index in [-0.39, 0.29) is 0 Å². The summed E-state index contributed by atoms with van der Waals surface area (Å²) in [6, 6.07) is 2.30. The predicted octanol–water partition coefficient (Wildman–Crippen LogP) is 3.37. The third kappa shape index (κ3) is 3.48. The Kier molecular flexibility index (Phi) is 6.04. The van der Waals surface area contributed by atoms with Gasteiger partial charge in [-0.1, -0.05) is 26.7 Å². The maximum absolute atomic E-state index is 3.68. The summed E-state index contributed by atoms with van der Waals surface area (Å²) in [5, 5.41) is 4.56. The second-order valence-corrected chi connectivity index (χ2v) is 7.49. The number of piperidine rings is 1. The molecule has 5 unspecified atom stereocenters. The SMILES string of the molecule is CCNC1CCN(C2CCCCC2SC)C(C)C1C. The van der Waals surface area contributed by atoms with E-state index in [2.05, 4.69) is 49.0 Å². The lowest BCUT2D eigenvalue weighted by Crippen LogP contribution is -2.58. The fourth-order valence-corrected chi connectivity index (χ4v) is 5.15. The second kappa shape index (κ2) is 7.33. The molecule has 5 atom stereocenters. The highest BCUT2D eigenvalue weighted by Crippen LogP contribution is 2.35. The van der Waals surface area contributed by atoms with Crippen LogP contribution in [0.2, 0.25) is 0 Å². The van der Waals surface area contributed by atoms with Crippen LogP contribution >= 0.6 is 11.8 Å². The first-order valence-electron chi connectivity index (χ1n) is 8.21. The number of hydrogen-bond donors (Lipinski definition) is 1. The van der Waals surface area contributed by atoms with E-state index in [0.29, 0.717) is 0 Å². The van der Waals surface area contributed by atoms with Crippen molar-refractivity contribution in [2.75, 3.05) is 19.3 Å². The zero-order valence-corrected chi connectivity index (χ0v) is 14.0. The third-order valence-electron chi connectivity index (χ3n) is 5.48. The van der Waals surface area contributed by atoms with Gasteiger partial charge in [-0.25, -0.2) is 0 Å². The van der Waals surface area contributed by atoms with Crippen LogP contribution in [0.3, 0.4) is 0 Å². The van der Waals surface area contributed by atoms with Crippen LogP contribution in [0.15, 0.2) is 0 Å². The standard InChI is InChI=1S/C16H32N2S/c1-5-17-14-10-11-18(13(3)12(14)2)15-8-6-7-9-16(15)19-4/h12-17H,5-11H2,1-4H3. The minimum Gasteiger partial charge on any atom is -0.314 e. The van der Waals surface area contributed by atoms with Gasteiger partial charge in [0.2, 0.25) is 0 Å². The highest BCUT2D eigenvalue weighted by Gasteiger charge is 2.38. The molecule has 1 aliphatic carbocycles. The highest BCUT2D eigenvalue weighted by atomic mass is 32.2. The Morgan fingerprint density at radius 2 is 1.89 bits per heavy atom. The van der Waals surface area contributed by atoms with E-state index in [1.165, 1.54) is 38.6 Å².